The van der Waals surface area contributed by atoms with Crippen LogP contribution in [0, 0.1) is 6.92 Å². The molecule has 1 aromatic heterocycles. The highest BCUT2D eigenvalue weighted by Gasteiger charge is 2.16. The maximum atomic E-state index is 12.5. The Labute approximate surface area is 186 Å². The van der Waals surface area contributed by atoms with E-state index in [2.05, 4.69) is 40.1 Å². The number of rotatable bonds is 5. The molecule has 1 fully saturated rings. The van der Waals surface area contributed by atoms with Crippen LogP contribution in [0.5, 0.6) is 0 Å². The second-order valence-corrected chi connectivity index (χ2v) is 8.91. The van der Waals surface area contributed by atoms with Crippen molar-refractivity contribution in [3.63, 3.8) is 0 Å². The average molecular weight is 441 g/mol. The topological polar surface area (TPSA) is 48.5 Å². The first-order valence-corrected chi connectivity index (χ1v) is 11.3. The van der Waals surface area contributed by atoms with E-state index in [1.54, 1.807) is 0 Å². The van der Waals surface area contributed by atoms with E-state index in [0.717, 1.165) is 48.1 Å². The van der Waals surface area contributed by atoms with Gasteiger partial charge in [-0.15, -0.1) is 11.3 Å². The van der Waals surface area contributed by atoms with Gasteiger partial charge in [-0.25, -0.2) is 4.98 Å². The van der Waals surface area contributed by atoms with Crippen LogP contribution in [0.1, 0.15) is 11.3 Å². The summed E-state index contributed by atoms with van der Waals surface area (Å²) in [6.45, 7) is 6.30. The van der Waals surface area contributed by atoms with Crippen molar-refractivity contribution in [3.8, 4) is 10.6 Å². The molecule has 5 nitrogen and oxygen atoms in total. The van der Waals surface area contributed by atoms with Gasteiger partial charge in [-0.1, -0.05) is 29.8 Å². The highest BCUT2D eigenvalue weighted by atomic mass is 35.5. The van der Waals surface area contributed by atoms with E-state index in [-0.39, 0.29) is 12.3 Å². The third-order valence-electron chi connectivity index (χ3n) is 5.32. The molecule has 0 radical (unpaired) electrons. The Morgan fingerprint density at radius 3 is 2.67 bits per heavy atom. The van der Waals surface area contributed by atoms with E-state index < -0.39 is 0 Å². The fourth-order valence-corrected chi connectivity index (χ4v) is 4.79. The van der Waals surface area contributed by atoms with Crippen LogP contribution in [-0.4, -0.2) is 49.0 Å². The third kappa shape index (κ3) is 4.83. The highest BCUT2D eigenvalue weighted by Crippen LogP contribution is 2.30. The molecular formula is C23H25ClN4OS. The molecule has 0 saturated carbocycles. The molecule has 156 valence electrons. The maximum Gasteiger partial charge on any atom is 0.230 e. The minimum absolute atomic E-state index is 0.0715. The van der Waals surface area contributed by atoms with Gasteiger partial charge in [0.2, 0.25) is 5.91 Å². The Balaban J connectivity index is 1.39. The predicted molar refractivity (Wildman–Crippen MR) is 126 cm³/mol. The van der Waals surface area contributed by atoms with Gasteiger partial charge in [-0.05, 0) is 43.8 Å². The van der Waals surface area contributed by atoms with Crippen LogP contribution in [0.4, 0.5) is 11.4 Å². The SMILES string of the molecule is Cc1cc(NC(=O)Cc2csc(-c3ccccc3Cl)n2)ccc1N1CCN(C)CC1. The van der Waals surface area contributed by atoms with Crippen molar-refractivity contribution in [1.29, 1.82) is 0 Å². The normalized spacial score (nSPS) is 14.7. The second-order valence-electron chi connectivity index (χ2n) is 7.64. The molecule has 1 aliphatic heterocycles. The van der Waals surface area contributed by atoms with Crippen molar-refractivity contribution < 1.29 is 4.79 Å². The van der Waals surface area contributed by atoms with E-state index >= 15 is 0 Å². The Bertz CT molecular complexity index is 1040. The van der Waals surface area contributed by atoms with Crippen molar-refractivity contribution in [2.45, 2.75) is 13.3 Å². The van der Waals surface area contributed by atoms with Gasteiger partial charge in [0, 0.05) is 48.5 Å². The standard InChI is InChI=1S/C23H25ClN4OS/c1-16-13-17(7-8-21(16)28-11-9-27(2)10-12-28)25-22(29)14-18-15-30-23(26-18)19-5-3-4-6-20(19)24/h3-8,13,15H,9-12,14H2,1-2H3,(H,25,29). The number of benzene rings is 2. The zero-order valence-electron chi connectivity index (χ0n) is 17.2. The number of likely N-dealkylation sites (N-methyl/N-ethyl adjacent to an activating group) is 1. The number of halogens is 1. The predicted octanol–water partition coefficient (Wildman–Crippen LogP) is 4.70. The summed E-state index contributed by atoms with van der Waals surface area (Å²) in [6, 6.07) is 13.7. The number of thiazole rings is 1. The Morgan fingerprint density at radius 1 is 1.17 bits per heavy atom. The summed E-state index contributed by atoms with van der Waals surface area (Å²) < 4.78 is 0. The number of nitrogens with one attached hydrogen (secondary N) is 1. The zero-order valence-corrected chi connectivity index (χ0v) is 18.8. The Morgan fingerprint density at radius 2 is 1.93 bits per heavy atom. The van der Waals surface area contributed by atoms with Crippen LogP contribution in [0.2, 0.25) is 5.02 Å². The summed E-state index contributed by atoms with van der Waals surface area (Å²) >= 11 is 7.75. The van der Waals surface area contributed by atoms with Crippen molar-refractivity contribution in [2.24, 2.45) is 0 Å². The van der Waals surface area contributed by atoms with Crippen molar-refractivity contribution >= 4 is 40.2 Å². The van der Waals surface area contributed by atoms with Gasteiger partial charge in [0.05, 0.1) is 17.1 Å². The van der Waals surface area contributed by atoms with Crippen LogP contribution in [-0.2, 0) is 11.2 Å². The van der Waals surface area contributed by atoms with Crippen LogP contribution >= 0.6 is 22.9 Å². The average Bonchev–Trinajstić information content (AvgIpc) is 3.17. The van der Waals surface area contributed by atoms with E-state index in [0.29, 0.717) is 5.02 Å². The molecule has 7 heteroatoms. The number of amides is 1. The number of aryl methyl sites for hydroxylation is 1. The number of nitrogens with zero attached hydrogens (tertiary/aromatic N) is 3. The second kappa shape index (κ2) is 9.16. The van der Waals surface area contributed by atoms with Gasteiger partial charge < -0.3 is 15.1 Å². The molecule has 0 bridgehead atoms. The number of hydrogen-bond acceptors (Lipinski definition) is 5. The molecule has 1 N–H and O–H groups in total. The summed E-state index contributed by atoms with van der Waals surface area (Å²) in [4.78, 5) is 21.9. The van der Waals surface area contributed by atoms with E-state index in [9.17, 15) is 4.79 Å². The molecule has 4 rings (SSSR count). The first-order chi connectivity index (χ1) is 14.5. The lowest BCUT2D eigenvalue weighted by Gasteiger charge is -2.35. The first-order valence-electron chi connectivity index (χ1n) is 10.0. The highest BCUT2D eigenvalue weighted by molar-refractivity contribution is 7.13. The van der Waals surface area contributed by atoms with Crippen molar-refractivity contribution in [2.75, 3.05) is 43.4 Å². The Hall–Kier alpha value is -2.41. The molecule has 0 unspecified atom stereocenters. The number of piperazine rings is 1. The summed E-state index contributed by atoms with van der Waals surface area (Å²) in [7, 11) is 2.16. The van der Waals surface area contributed by atoms with Gasteiger partial charge in [0.15, 0.2) is 0 Å². The summed E-state index contributed by atoms with van der Waals surface area (Å²) in [6.07, 6.45) is 0.236. The summed E-state index contributed by atoms with van der Waals surface area (Å²) in [5, 5.41) is 6.41. The molecule has 1 amide bonds. The lowest BCUT2D eigenvalue weighted by atomic mass is 10.1. The van der Waals surface area contributed by atoms with Crippen LogP contribution in [0.3, 0.4) is 0 Å². The first kappa shape index (κ1) is 20.8. The van der Waals surface area contributed by atoms with Gasteiger partial charge in [0.1, 0.15) is 5.01 Å². The quantitative estimate of drug-likeness (QED) is 0.624. The fraction of sp³-hybridized carbons (Fsp3) is 0.304. The molecule has 0 spiro atoms. The van der Waals surface area contributed by atoms with E-state index in [1.165, 1.54) is 22.6 Å². The van der Waals surface area contributed by atoms with Crippen LogP contribution in [0.15, 0.2) is 47.8 Å². The monoisotopic (exact) mass is 440 g/mol. The van der Waals surface area contributed by atoms with E-state index in [1.807, 2.05) is 41.8 Å². The zero-order chi connectivity index (χ0) is 21.1. The molecular weight excluding hydrogens is 416 g/mol. The molecule has 1 aliphatic rings. The molecule has 1 saturated heterocycles. The van der Waals surface area contributed by atoms with Crippen LogP contribution in [0.25, 0.3) is 10.6 Å². The minimum atomic E-state index is -0.0715. The Kier molecular flexibility index (Phi) is 6.37. The van der Waals surface area contributed by atoms with E-state index in [4.69, 9.17) is 11.6 Å². The fourth-order valence-electron chi connectivity index (χ4n) is 3.65. The number of anilines is 2. The van der Waals surface area contributed by atoms with Crippen molar-refractivity contribution in [3.05, 3.63) is 64.1 Å². The van der Waals surface area contributed by atoms with Gasteiger partial charge >= 0.3 is 0 Å². The lowest BCUT2D eigenvalue weighted by molar-refractivity contribution is -0.115. The largest absolute Gasteiger partial charge is 0.369 e. The summed E-state index contributed by atoms with van der Waals surface area (Å²) in [5.74, 6) is -0.0715. The third-order valence-corrected chi connectivity index (χ3v) is 6.58. The van der Waals surface area contributed by atoms with Crippen molar-refractivity contribution in [1.82, 2.24) is 9.88 Å². The lowest BCUT2D eigenvalue weighted by Crippen LogP contribution is -2.44. The molecule has 2 aromatic carbocycles. The molecule has 3 aromatic rings. The molecule has 0 atom stereocenters. The molecule has 0 aliphatic carbocycles. The molecule has 2 heterocycles. The number of carbonyl (C=O) groups excluding carboxylic acids is 1. The number of aromatic nitrogens is 1. The minimum Gasteiger partial charge on any atom is -0.369 e. The van der Waals surface area contributed by atoms with Gasteiger partial charge in [-0.3, -0.25) is 4.79 Å². The maximum absolute atomic E-state index is 12.5. The number of hydrogen-bond donors (Lipinski definition) is 1. The van der Waals surface area contributed by atoms with Gasteiger partial charge in [0.25, 0.3) is 0 Å². The van der Waals surface area contributed by atoms with Crippen LogP contribution < -0.4 is 10.2 Å². The number of carbonyl (C=O) groups is 1. The summed E-state index contributed by atoms with van der Waals surface area (Å²) in [5.41, 5.74) is 4.87. The molecule has 30 heavy (non-hydrogen) atoms. The smallest absolute Gasteiger partial charge is 0.230 e. The van der Waals surface area contributed by atoms with Gasteiger partial charge in [-0.2, -0.15) is 0 Å².